The van der Waals surface area contributed by atoms with Gasteiger partial charge in [0.05, 0.1) is 11.0 Å². The van der Waals surface area contributed by atoms with Gasteiger partial charge in [-0.3, -0.25) is 0 Å². The molecule has 0 saturated carbocycles. The smallest absolute Gasteiger partial charge is 0.139 e. The summed E-state index contributed by atoms with van der Waals surface area (Å²) >= 11 is 0. The minimum absolute atomic E-state index is 0.107. The molecule has 0 aliphatic heterocycles. The number of H-pyrrole nitrogens is 1. The third kappa shape index (κ3) is 3.67. The summed E-state index contributed by atoms with van der Waals surface area (Å²) in [6, 6.07) is 13.3. The summed E-state index contributed by atoms with van der Waals surface area (Å²) in [7, 11) is 0. The molecule has 0 spiro atoms. The topological polar surface area (TPSA) is 28.7 Å². The van der Waals surface area contributed by atoms with Crippen molar-refractivity contribution in [3.63, 3.8) is 0 Å². The highest BCUT2D eigenvalue weighted by atomic mass is 14.9. The number of aromatic amines is 1. The number of hydrogen-bond acceptors (Lipinski definition) is 1. The number of fused-ring (bicyclic) bond motifs is 1. The van der Waals surface area contributed by atoms with Crippen molar-refractivity contribution >= 4 is 11.0 Å². The molecule has 1 N–H and O–H groups in total. The maximum atomic E-state index is 5.00. The van der Waals surface area contributed by atoms with Crippen LogP contribution in [0, 0.1) is 0 Å². The molecule has 0 bridgehead atoms. The second-order valence-electron chi connectivity index (χ2n) is 9.73. The van der Waals surface area contributed by atoms with E-state index in [4.69, 9.17) is 4.98 Å². The Morgan fingerprint density at radius 2 is 1.70 bits per heavy atom. The highest BCUT2D eigenvalue weighted by Gasteiger charge is 2.26. The van der Waals surface area contributed by atoms with Crippen molar-refractivity contribution in [1.82, 2.24) is 9.97 Å². The molecule has 0 atom stereocenters. The summed E-state index contributed by atoms with van der Waals surface area (Å²) in [5, 5.41) is 0. The summed E-state index contributed by atoms with van der Waals surface area (Å²) < 4.78 is 0. The molecule has 144 valence electrons. The first kappa shape index (κ1) is 19.7. The third-order valence-corrected chi connectivity index (χ3v) is 5.92. The van der Waals surface area contributed by atoms with Gasteiger partial charge in [0.15, 0.2) is 0 Å². The number of nitrogens with one attached hydrogen (secondary N) is 1. The lowest BCUT2D eigenvalue weighted by molar-refractivity contribution is 0.506. The molecule has 0 unspecified atom stereocenters. The fraction of sp³-hybridized carbons (Fsp3) is 0.480. The second-order valence-corrected chi connectivity index (χ2v) is 9.73. The number of benzene rings is 2. The molecule has 0 amide bonds. The molecule has 0 fully saturated rings. The Bertz CT molecular complexity index is 952. The van der Waals surface area contributed by atoms with E-state index in [2.05, 4.69) is 96.8 Å². The fourth-order valence-electron chi connectivity index (χ4n) is 3.66. The first-order chi connectivity index (χ1) is 12.5. The maximum absolute atomic E-state index is 5.00. The molecule has 2 heteroatoms. The van der Waals surface area contributed by atoms with Crippen molar-refractivity contribution < 1.29 is 0 Å². The van der Waals surface area contributed by atoms with E-state index < -0.39 is 0 Å². The Hall–Kier alpha value is -2.09. The van der Waals surface area contributed by atoms with Crippen molar-refractivity contribution in [2.24, 2.45) is 0 Å². The molecule has 1 heterocycles. The van der Waals surface area contributed by atoms with Crippen LogP contribution < -0.4 is 0 Å². The van der Waals surface area contributed by atoms with Crippen LogP contribution in [0.4, 0.5) is 0 Å². The molecule has 2 aromatic carbocycles. The summed E-state index contributed by atoms with van der Waals surface area (Å²) in [4.78, 5) is 8.65. The number of nitrogens with zero attached hydrogens (tertiary/aromatic N) is 1. The molecule has 0 aliphatic carbocycles. The van der Waals surface area contributed by atoms with Crippen molar-refractivity contribution in [3.8, 4) is 11.4 Å². The van der Waals surface area contributed by atoms with Crippen LogP contribution in [0.25, 0.3) is 22.4 Å². The Kier molecular flexibility index (Phi) is 4.96. The van der Waals surface area contributed by atoms with Gasteiger partial charge in [0.2, 0.25) is 0 Å². The van der Waals surface area contributed by atoms with Gasteiger partial charge in [-0.2, -0.15) is 0 Å². The lowest BCUT2D eigenvalue weighted by Crippen LogP contribution is -2.18. The van der Waals surface area contributed by atoms with Crippen molar-refractivity contribution in [3.05, 3.63) is 53.1 Å². The van der Waals surface area contributed by atoms with Crippen LogP contribution in [0.2, 0.25) is 0 Å². The number of imidazole rings is 1. The standard InChI is InChI=1S/C25H34N2/c1-9-25(7,8)19-12-10-11-18(16(2)3)22(19)23-26-20-14-13-17(24(4,5)6)15-21(20)27-23/h10-16H,9H2,1-8H3,(H,26,27). The van der Waals surface area contributed by atoms with E-state index in [0.29, 0.717) is 5.92 Å². The highest BCUT2D eigenvalue weighted by Crippen LogP contribution is 2.39. The molecular weight excluding hydrogens is 328 g/mol. The quantitative estimate of drug-likeness (QED) is 0.517. The van der Waals surface area contributed by atoms with Gasteiger partial charge >= 0.3 is 0 Å². The molecule has 0 radical (unpaired) electrons. The average molecular weight is 363 g/mol. The summed E-state index contributed by atoms with van der Waals surface area (Å²) in [5.41, 5.74) is 7.76. The van der Waals surface area contributed by atoms with E-state index >= 15 is 0 Å². The van der Waals surface area contributed by atoms with Crippen molar-refractivity contribution in [1.29, 1.82) is 0 Å². The summed E-state index contributed by atoms with van der Waals surface area (Å²) in [5.74, 6) is 1.45. The molecular formula is C25H34N2. The number of aromatic nitrogens is 2. The second kappa shape index (κ2) is 6.82. The van der Waals surface area contributed by atoms with Crippen LogP contribution >= 0.6 is 0 Å². The van der Waals surface area contributed by atoms with Crippen LogP contribution in [0.3, 0.4) is 0 Å². The predicted octanol–water partition coefficient (Wildman–Crippen LogP) is 7.34. The molecule has 0 aliphatic rings. The van der Waals surface area contributed by atoms with Gasteiger partial charge in [-0.15, -0.1) is 0 Å². The predicted molar refractivity (Wildman–Crippen MR) is 118 cm³/mol. The third-order valence-electron chi connectivity index (χ3n) is 5.92. The van der Waals surface area contributed by atoms with E-state index in [1.54, 1.807) is 0 Å². The largest absolute Gasteiger partial charge is 0.338 e. The lowest BCUT2D eigenvalue weighted by atomic mass is 9.77. The van der Waals surface area contributed by atoms with E-state index in [1.807, 2.05) is 0 Å². The van der Waals surface area contributed by atoms with Crippen LogP contribution in [0.1, 0.15) is 84.4 Å². The number of hydrogen-bond donors (Lipinski definition) is 1. The summed E-state index contributed by atoms with van der Waals surface area (Å²) in [6.45, 7) is 18.2. The minimum Gasteiger partial charge on any atom is -0.338 e. The summed E-state index contributed by atoms with van der Waals surface area (Å²) in [6.07, 6.45) is 1.09. The fourth-order valence-corrected chi connectivity index (χ4v) is 3.66. The average Bonchev–Trinajstić information content (AvgIpc) is 3.03. The van der Waals surface area contributed by atoms with Gasteiger partial charge in [0.25, 0.3) is 0 Å². The van der Waals surface area contributed by atoms with E-state index in [1.165, 1.54) is 22.3 Å². The van der Waals surface area contributed by atoms with Crippen LogP contribution in [-0.4, -0.2) is 9.97 Å². The maximum Gasteiger partial charge on any atom is 0.139 e. The molecule has 0 saturated heterocycles. The van der Waals surface area contributed by atoms with Gasteiger partial charge in [0.1, 0.15) is 5.82 Å². The SMILES string of the molecule is CCC(C)(C)c1cccc(C(C)C)c1-c1nc2ccc(C(C)(C)C)cc2[nH]1. The van der Waals surface area contributed by atoms with Gasteiger partial charge < -0.3 is 4.98 Å². The lowest BCUT2D eigenvalue weighted by Gasteiger charge is -2.28. The van der Waals surface area contributed by atoms with Crippen LogP contribution in [0.15, 0.2) is 36.4 Å². The zero-order chi connectivity index (χ0) is 20.0. The Morgan fingerprint density at radius 1 is 1.00 bits per heavy atom. The molecule has 3 rings (SSSR count). The number of rotatable bonds is 4. The van der Waals surface area contributed by atoms with E-state index in [9.17, 15) is 0 Å². The monoisotopic (exact) mass is 362 g/mol. The minimum atomic E-state index is 0.107. The zero-order valence-corrected chi connectivity index (χ0v) is 18.2. The molecule has 27 heavy (non-hydrogen) atoms. The molecule has 2 nitrogen and oxygen atoms in total. The van der Waals surface area contributed by atoms with Crippen LogP contribution in [0.5, 0.6) is 0 Å². The molecule has 1 aromatic heterocycles. The van der Waals surface area contributed by atoms with Crippen LogP contribution in [-0.2, 0) is 10.8 Å². The van der Waals surface area contributed by atoms with E-state index in [0.717, 1.165) is 23.3 Å². The van der Waals surface area contributed by atoms with E-state index in [-0.39, 0.29) is 10.8 Å². The Balaban J connectivity index is 2.26. The van der Waals surface area contributed by atoms with Gasteiger partial charge in [-0.05, 0) is 52.0 Å². The first-order valence-electron chi connectivity index (χ1n) is 10.2. The zero-order valence-electron chi connectivity index (χ0n) is 18.2. The van der Waals surface area contributed by atoms with Crippen molar-refractivity contribution in [2.75, 3.05) is 0 Å². The molecule has 3 aromatic rings. The Labute approximate surface area is 164 Å². The first-order valence-corrected chi connectivity index (χ1v) is 10.2. The van der Waals surface area contributed by atoms with Crippen molar-refractivity contribution in [2.45, 2.75) is 78.6 Å². The van der Waals surface area contributed by atoms with Gasteiger partial charge in [0, 0.05) is 5.56 Å². The van der Waals surface area contributed by atoms with Gasteiger partial charge in [-0.25, -0.2) is 4.98 Å². The van der Waals surface area contributed by atoms with Gasteiger partial charge in [-0.1, -0.05) is 79.7 Å². The highest BCUT2D eigenvalue weighted by molar-refractivity contribution is 5.82. The normalized spacial score (nSPS) is 12.9. The Morgan fingerprint density at radius 3 is 2.30 bits per heavy atom.